The Morgan fingerprint density at radius 2 is 1.74 bits per heavy atom. The maximum atomic E-state index is 13.6. The van der Waals surface area contributed by atoms with Crippen LogP contribution in [-0.4, -0.2) is 104 Å². The Morgan fingerprint density at radius 3 is 2.50 bits per heavy atom. The van der Waals surface area contributed by atoms with E-state index >= 15 is 0 Å². The predicted octanol–water partition coefficient (Wildman–Crippen LogP) is 2.54. The number of amides is 1. The fourth-order valence-corrected chi connectivity index (χ4v) is 4.97. The smallest absolute Gasteiger partial charge is 0.248 e. The van der Waals surface area contributed by atoms with Gasteiger partial charge in [0, 0.05) is 45.9 Å². The lowest BCUT2D eigenvalue weighted by molar-refractivity contribution is -0.138. The lowest BCUT2D eigenvalue weighted by atomic mass is 10.0. The second-order valence-corrected chi connectivity index (χ2v) is 10.1. The van der Waals surface area contributed by atoms with Crippen LogP contribution in [0.5, 0.6) is 11.5 Å². The van der Waals surface area contributed by atoms with Gasteiger partial charge in [0.2, 0.25) is 5.91 Å². The molecule has 8 nitrogen and oxygen atoms in total. The van der Waals surface area contributed by atoms with Gasteiger partial charge in [0.25, 0.3) is 0 Å². The molecule has 1 unspecified atom stereocenters. The van der Waals surface area contributed by atoms with Crippen LogP contribution in [0.4, 0.5) is 8.78 Å². The van der Waals surface area contributed by atoms with Crippen molar-refractivity contribution < 1.29 is 32.9 Å². The molecule has 2 aliphatic heterocycles. The van der Waals surface area contributed by atoms with Gasteiger partial charge in [0.1, 0.15) is 36.9 Å². The molecule has 2 aromatic rings. The van der Waals surface area contributed by atoms with Crippen molar-refractivity contribution in [3.8, 4) is 11.5 Å². The molecule has 0 aliphatic carbocycles. The van der Waals surface area contributed by atoms with Crippen LogP contribution in [0.25, 0.3) is 0 Å². The Balaban J connectivity index is 1.41. The Hall–Kier alpha value is -2.79. The Kier molecular flexibility index (Phi) is 9.90. The number of nitrogens with zero attached hydrogens (tertiary/aromatic N) is 3. The molecule has 0 radical (unpaired) electrons. The number of carbonyl (C=O) groups excluding carboxylic acids is 1. The molecule has 1 atom stereocenters. The number of β-amino-alcohol motifs (C(OH)–C–C–N with tert-alkyl or cyclic N) is 1. The van der Waals surface area contributed by atoms with E-state index in [0.717, 1.165) is 43.1 Å². The van der Waals surface area contributed by atoms with Crippen molar-refractivity contribution in [2.45, 2.75) is 25.0 Å². The molecule has 2 fully saturated rings. The first-order chi connectivity index (χ1) is 18.3. The van der Waals surface area contributed by atoms with Crippen molar-refractivity contribution >= 4 is 5.91 Å². The summed E-state index contributed by atoms with van der Waals surface area (Å²) in [4.78, 5) is 18.6. The summed E-state index contributed by atoms with van der Waals surface area (Å²) in [6.45, 7) is 5.20. The zero-order chi connectivity index (χ0) is 27.0. The summed E-state index contributed by atoms with van der Waals surface area (Å²) < 4.78 is 43.6. The van der Waals surface area contributed by atoms with Crippen molar-refractivity contribution in [1.82, 2.24) is 14.7 Å². The molecule has 2 aromatic carbocycles. The normalized spacial score (nSPS) is 20.9. The monoisotopic (exact) mass is 533 g/mol. The number of aliphatic hydroxyl groups is 1. The van der Waals surface area contributed by atoms with Gasteiger partial charge in [0.15, 0.2) is 11.6 Å². The first-order valence-electron chi connectivity index (χ1n) is 13.1. The standard InChI is InChI=1S/C28H37F2N3O5/c1-36-18-27(34)33-12-11-32(19-28(35,20-33)21-38-24-7-8-25(29)26(30)16-24)17-22-5-4-6-23(15-22)37-14-13-31-9-2-3-10-31/h4-8,15-16,35H,2-3,9-14,17-21H2,1H3. The Morgan fingerprint density at radius 1 is 0.947 bits per heavy atom. The zero-order valence-electron chi connectivity index (χ0n) is 21.9. The largest absolute Gasteiger partial charge is 0.492 e. The Bertz CT molecular complexity index is 1070. The van der Waals surface area contributed by atoms with Crippen molar-refractivity contribution in [2.24, 2.45) is 0 Å². The number of carbonyl (C=O) groups is 1. The van der Waals surface area contributed by atoms with Crippen molar-refractivity contribution in [3.63, 3.8) is 0 Å². The highest BCUT2D eigenvalue weighted by Gasteiger charge is 2.37. The summed E-state index contributed by atoms with van der Waals surface area (Å²) in [6.07, 6.45) is 2.50. The average Bonchev–Trinajstić information content (AvgIpc) is 3.35. The maximum Gasteiger partial charge on any atom is 0.248 e. The second-order valence-electron chi connectivity index (χ2n) is 10.1. The average molecular weight is 534 g/mol. The second kappa shape index (κ2) is 13.3. The van der Waals surface area contributed by atoms with Gasteiger partial charge >= 0.3 is 0 Å². The summed E-state index contributed by atoms with van der Waals surface area (Å²) >= 11 is 0. The molecule has 2 aliphatic rings. The zero-order valence-corrected chi connectivity index (χ0v) is 21.9. The topological polar surface area (TPSA) is 74.7 Å². The number of benzene rings is 2. The molecular formula is C28H37F2N3O5. The number of likely N-dealkylation sites (tertiary alicyclic amines) is 1. The highest BCUT2D eigenvalue weighted by molar-refractivity contribution is 5.77. The number of methoxy groups -OCH3 is 1. The predicted molar refractivity (Wildman–Crippen MR) is 138 cm³/mol. The van der Waals surface area contributed by atoms with E-state index in [0.29, 0.717) is 26.2 Å². The molecular weight excluding hydrogens is 496 g/mol. The molecule has 1 amide bonds. The number of hydrogen-bond acceptors (Lipinski definition) is 7. The van der Waals surface area contributed by atoms with E-state index in [1.807, 2.05) is 24.3 Å². The van der Waals surface area contributed by atoms with Gasteiger partial charge in [-0.1, -0.05) is 12.1 Å². The van der Waals surface area contributed by atoms with Crippen LogP contribution in [0.2, 0.25) is 0 Å². The van der Waals surface area contributed by atoms with Crippen LogP contribution >= 0.6 is 0 Å². The minimum Gasteiger partial charge on any atom is -0.492 e. The summed E-state index contributed by atoms with van der Waals surface area (Å²) in [5.74, 6) is -1.35. The highest BCUT2D eigenvalue weighted by atomic mass is 19.2. The fraction of sp³-hybridized carbons (Fsp3) is 0.536. The first kappa shape index (κ1) is 28.2. The molecule has 0 bridgehead atoms. The van der Waals surface area contributed by atoms with E-state index in [1.165, 1.54) is 26.0 Å². The third-order valence-electron chi connectivity index (χ3n) is 6.89. The van der Waals surface area contributed by atoms with E-state index in [2.05, 4.69) is 9.80 Å². The van der Waals surface area contributed by atoms with Gasteiger partial charge in [-0.3, -0.25) is 14.6 Å². The quantitative estimate of drug-likeness (QED) is 0.476. The molecule has 208 valence electrons. The number of ether oxygens (including phenoxy) is 3. The summed E-state index contributed by atoms with van der Waals surface area (Å²) in [6, 6.07) is 11.1. The molecule has 4 rings (SSSR count). The van der Waals surface area contributed by atoms with Gasteiger partial charge in [-0.05, 0) is 55.8 Å². The van der Waals surface area contributed by atoms with Crippen LogP contribution in [-0.2, 0) is 16.1 Å². The molecule has 10 heteroatoms. The molecule has 0 spiro atoms. The van der Waals surface area contributed by atoms with Crippen molar-refractivity contribution in [3.05, 3.63) is 59.7 Å². The number of hydrogen-bond donors (Lipinski definition) is 1. The summed E-state index contributed by atoms with van der Waals surface area (Å²) in [5, 5.41) is 11.5. The third kappa shape index (κ3) is 8.10. The van der Waals surface area contributed by atoms with E-state index < -0.39 is 17.2 Å². The van der Waals surface area contributed by atoms with Gasteiger partial charge in [-0.25, -0.2) is 8.78 Å². The summed E-state index contributed by atoms with van der Waals surface area (Å²) in [5.41, 5.74) is -0.432. The van der Waals surface area contributed by atoms with Crippen LogP contribution in [0.3, 0.4) is 0 Å². The van der Waals surface area contributed by atoms with E-state index in [4.69, 9.17) is 14.2 Å². The van der Waals surface area contributed by atoms with Crippen LogP contribution in [0.15, 0.2) is 42.5 Å². The SMILES string of the molecule is COCC(=O)N1CCN(Cc2cccc(OCCN3CCCC3)c2)CC(O)(COc2ccc(F)c(F)c2)C1. The molecule has 1 N–H and O–H groups in total. The first-order valence-corrected chi connectivity index (χ1v) is 13.1. The molecule has 38 heavy (non-hydrogen) atoms. The van der Waals surface area contributed by atoms with Crippen molar-refractivity contribution in [1.29, 1.82) is 0 Å². The molecule has 0 saturated carbocycles. The third-order valence-corrected chi connectivity index (χ3v) is 6.89. The molecule has 2 saturated heterocycles. The number of rotatable bonds is 11. The maximum absolute atomic E-state index is 13.6. The Labute approximate surface area is 222 Å². The minimum atomic E-state index is -1.45. The van der Waals surface area contributed by atoms with Gasteiger partial charge in [-0.15, -0.1) is 0 Å². The van der Waals surface area contributed by atoms with Crippen LogP contribution < -0.4 is 9.47 Å². The fourth-order valence-electron chi connectivity index (χ4n) is 4.97. The summed E-state index contributed by atoms with van der Waals surface area (Å²) in [7, 11) is 1.45. The van der Waals surface area contributed by atoms with E-state index in [1.54, 1.807) is 4.90 Å². The minimum absolute atomic E-state index is 0.0228. The van der Waals surface area contributed by atoms with Crippen LogP contribution in [0.1, 0.15) is 18.4 Å². The van der Waals surface area contributed by atoms with Gasteiger partial charge < -0.3 is 24.2 Å². The number of halogens is 2. The van der Waals surface area contributed by atoms with Gasteiger partial charge in [0.05, 0.1) is 6.54 Å². The van der Waals surface area contributed by atoms with Crippen LogP contribution in [0, 0.1) is 11.6 Å². The highest BCUT2D eigenvalue weighted by Crippen LogP contribution is 2.22. The van der Waals surface area contributed by atoms with E-state index in [-0.39, 0.29) is 38.0 Å². The molecule has 0 aromatic heterocycles. The lowest BCUT2D eigenvalue weighted by Crippen LogP contribution is -2.52. The van der Waals surface area contributed by atoms with Gasteiger partial charge in [-0.2, -0.15) is 0 Å². The lowest BCUT2D eigenvalue weighted by Gasteiger charge is -2.33. The molecule has 2 heterocycles. The van der Waals surface area contributed by atoms with E-state index in [9.17, 15) is 18.7 Å². The van der Waals surface area contributed by atoms with Crippen molar-refractivity contribution in [2.75, 3.05) is 72.7 Å².